The second-order valence-electron chi connectivity index (χ2n) is 4.93. The summed E-state index contributed by atoms with van der Waals surface area (Å²) in [5.41, 5.74) is 5.47. The third kappa shape index (κ3) is 3.84. The molecule has 5 heteroatoms. The summed E-state index contributed by atoms with van der Waals surface area (Å²) in [4.78, 5) is 8.77. The molecule has 0 aliphatic heterocycles. The predicted molar refractivity (Wildman–Crippen MR) is 74.8 cm³/mol. The smallest absolute Gasteiger partial charge is 0.131 e. The van der Waals surface area contributed by atoms with E-state index in [0.29, 0.717) is 6.54 Å². The van der Waals surface area contributed by atoms with Crippen molar-refractivity contribution in [1.29, 1.82) is 0 Å². The van der Waals surface area contributed by atoms with Crippen LogP contribution in [0, 0.1) is 12.8 Å². The fraction of sp³-hybridized carbons (Fsp3) is 0.692. The third-order valence-corrected chi connectivity index (χ3v) is 3.32. The molecule has 1 aliphatic carbocycles. The van der Waals surface area contributed by atoms with Gasteiger partial charge in [-0.2, -0.15) is 0 Å². The average molecular weight is 249 g/mol. The largest absolute Gasteiger partial charge is 0.370 e. The van der Waals surface area contributed by atoms with Crippen molar-refractivity contribution in [2.75, 3.05) is 30.3 Å². The van der Waals surface area contributed by atoms with Crippen molar-refractivity contribution in [3.63, 3.8) is 0 Å². The van der Waals surface area contributed by atoms with Crippen molar-refractivity contribution < 1.29 is 0 Å². The highest BCUT2D eigenvalue weighted by Gasteiger charge is 2.16. The molecule has 0 spiro atoms. The summed E-state index contributed by atoms with van der Waals surface area (Å²) >= 11 is 0. The van der Waals surface area contributed by atoms with Crippen LogP contribution in [0.4, 0.5) is 11.6 Å². The summed E-state index contributed by atoms with van der Waals surface area (Å²) < 4.78 is 0. The van der Waals surface area contributed by atoms with Crippen molar-refractivity contribution in [1.82, 2.24) is 9.97 Å². The predicted octanol–water partition coefficient (Wildman–Crippen LogP) is 1.76. The van der Waals surface area contributed by atoms with Crippen molar-refractivity contribution in [3.8, 4) is 0 Å². The number of rotatable bonds is 7. The van der Waals surface area contributed by atoms with E-state index in [0.717, 1.165) is 42.9 Å². The quantitative estimate of drug-likeness (QED) is 0.642. The lowest BCUT2D eigenvalue weighted by Gasteiger charge is -2.25. The molecule has 2 rings (SSSR count). The van der Waals surface area contributed by atoms with E-state index < -0.39 is 0 Å². The summed E-state index contributed by atoms with van der Waals surface area (Å²) in [5, 5.41) is 6.67. The number of aromatic nitrogens is 2. The fourth-order valence-corrected chi connectivity index (χ4v) is 2.01. The third-order valence-electron chi connectivity index (χ3n) is 3.32. The number of nitrogens with zero attached hydrogens (tertiary/aromatic N) is 2. The number of hydrogen-bond donors (Lipinski definition) is 3. The lowest BCUT2D eigenvalue weighted by molar-refractivity contribution is 0.333. The zero-order valence-corrected chi connectivity index (χ0v) is 11.1. The minimum absolute atomic E-state index is 0.698. The van der Waals surface area contributed by atoms with E-state index in [-0.39, 0.29) is 0 Å². The zero-order chi connectivity index (χ0) is 12.8. The second-order valence-corrected chi connectivity index (χ2v) is 4.93. The van der Waals surface area contributed by atoms with Crippen LogP contribution in [0.3, 0.4) is 0 Å². The molecule has 0 unspecified atom stereocenters. The van der Waals surface area contributed by atoms with E-state index in [1.54, 1.807) is 0 Å². The lowest BCUT2D eigenvalue weighted by atomic mass is 9.85. The topological polar surface area (TPSA) is 75.9 Å². The van der Waals surface area contributed by atoms with Crippen molar-refractivity contribution in [2.24, 2.45) is 11.7 Å². The van der Waals surface area contributed by atoms with E-state index in [4.69, 9.17) is 5.73 Å². The van der Waals surface area contributed by atoms with Gasteiger partial charge in [0.05, 0.1) is 0 Å². The normalized spacial score (nSPS) is 15.2. The van der Waals surface area contributed by atoms with Gasteiger partial charge >= 0.3 is 0 Å². The van der Waals surface area contributed by atoms with E-state index in [2.05, 4.69) is 20.6 Å². The Hall–Kier alpha value is -1.36. The Morgan fingerprint density at radius 2 is 2.00 bits per heavy atom. The maximum absolute atomic E-state index is 5.47. The average Bonchev–Trinajstić information content (AvgIpc) is 2.26. The molecule has 0 amide bonds. The molecule has 100 valence electrons. The van der Waals surface area contributed by atoms with Gasteiger partial charge in [-0.25, -0.2) is 9.97 Å². The van der Waals surface area contributed by atoms with Crippen LogP contribution in [-0.4, -0.2) is 29.6 Å². The van der Waals surface area contributed by atoms with Crippen molar-refractivity contribution in [3.05, 3.63) is 11.9 Å². The molecule has 1 aliphatic rings. The van der Waals surface area contributed by atoms with Gasteiger partial charge in [0.1, 0.15) is 17.5 Å². The standard InChI is InChI=1S/C13H23N5/c1-10-17-12(15-7-3-6-14)8-13(18-10)16-9-11-4-2-5-11/h8,11H,2-7,9,14H2,1H3,(H2,15,16,17,18). The van der Waals surface area contributed by atoms with Crippen molar-refractivity contribution in [2.45, 2.75) is 32.6 Å². The van der Waals surface area contributed by atoms with Gasteiger partial charge in [-0.05, 0) is 38.6 Å². The molecule has 1 saturated carbocycles. The Morgan fingerprint density at radius 1 is 1.28 bits per heavy atom. The maximum Gasteiger partial charge on any atom is 0.131 e. The van der Waals surface area contributed by atoms with Gasteiger partial charge in [-0.3, -0.25) is 0 Å². The highest BCUT2D eigenvalue weighted by Crippen LogP contribution is 2.26. The number of aryl methyl sites for hydroxylation is 1. The van der Waals surface area contributed by atoms with Crippen LogP contribution in [0.2, 0.25) is 0 Å². The Bertz CT molecular complexity index is 376. The van der Waals surface area contributed by atoms with Crippen LogP contribution in [0.5, 0.6) is 0 Å². The van der Waals surface area contributed by atoms with Gasteiger partial charge in [-0.15, -0.1) is 0 Å². The monoisotopic (exact) mass is 249 g/mol. The first-order valence-corrected chi connectivity index (χ1v) is 6.81. The summed E-state index contributed by atoms with van der Waals surface area (Å²) in [7, 11) is 0. The summed E-state index contributed by atoms with van der Waals surface area (Å²) in [6, 6.07) is 1.97. The molecule has 1 heterocycles. The van der Waals surface area contributed by atoms with E-state index >= 15 is 0 Å². The summed E-state index contributed by atoms with van der Waals surface area (Å²) in [6.45, 7) is 4.50. The van der Waals surface area contributed by atoms with Crippen LogP contribution < -0.4 is 16.4 Å². The Morgan fingerprint density at radius 3 is 2.61 bits per heavy atom. The van der Waals surface area contributed by atoms with Crippen LogP contribution in [-0.2, 0) is 0 Å². The molecule has 4 N–H and O–H groups in total. The highest BCUT2D eigenvalue weighted by molar-refractivity contribution is 5.47. The molecule has 18 heavy (non-hydrogen) atoms. The molecule has 1 aromatic rings. The van der Waals surface area contributed by atoms with Crippen LogP contribution in [0.25, 0.3) is 0 Å². The molecule has 5 nitrogen and oxygen atoms in total. The van der Waals surface area contributed by atoms with Crippen molar-refractivity contribution >= 4 is 11.6 Å². The SMILES string of the molecule is Cc1nc(NCCCN)cc(NCC2CCC2)n1. The van der Waals surface area contributed by atoms with E-state index in [1.165, 1.54) is 19.3 Å². The first kappa shape index (κ1) is 13.1. The molecular weight excluding hydrogens is 226 g/mol. The minimum atomic E-state index is 0.698. The summed E-state index contributed by atoms with van der Waals surface area (Å²) in [6.07, 6.45) is 5.02. The highest BCUT2D eigenvalue weighted by atomic mass is 15.1. The summed E-state index contributed by atoms with van der Waals surface area (Å²) in [5.74, 6) is 3.43. The number of hydrogen-bond acceptors (Lipinski definition) is 5. The maximum atomic E-state index is 5.47. The van der Waals surface area contributed by atoms with Crippen LogP contribution in [0.15, 0.2) is 6.07 Å². The van der Waals surface area contributed by atoms with Gasteiger partial charge in [0.15, 0.2) is 0 Å². The first-order chi connectivity index (χ1) is 8.78. The van der Waals surface area contributed by atoms with Gasteiger partial charge in [0.25, 0.3) is 0 Å². The fourth-order valence-electron chi connectivity index (χ4n) is 2.01. The zero-order valence-electron chi connectivity index (χ0n) is 11.1. The molecule has 0 aromatic carbocycles. The Balaban J connectivity index is 1.87. The Kier molecular flexibility index (Phi) is 4.75. The van der Waals surface area contributed by atoms with E-state index in [1.807, 2.05) is 13.0 Å². The molecule has 0 radical (unpaired) electrons. The first-order valence-electron chi connectivity index (χ1n) is 6.81. The molecular formula is C13H23N5. The van der Waals surface area contributed by atoms with Gasteiger partial charge in [0, 0.05) is 19.2 Å². The Labute approximate surface area is 109 Å². The van der Waals surface area contributed by atoms with E-state index in [9.17, 15) is 0 Å². The van der Waals surface area contributed by atoms with Gasteiger partial charge in [0.2, 0.25) is 0 Å². The molecule has 1 aromatic heterocycles. The molecule has 1 fully saturated rings. The van der Waals surface area contributed by atoms with Crippen LogP contribution in [0.1, 0.15) is 31.5 Å². The van der Waals surface area contributed by atoms with Gasteiger partial charge in [-0.1, -0.05) is 6.42 Å². The second kappa shape index (κ2) is 6.54. The lowest BCUT2D eigenvalue weighted by Crippen LogP contribution is -2.21. The van der Waals surface area contributed by atoms with Crippen LogP contribution >= 0.6 is 0 Å². The van der Waals surface area contributed by atoms with Gasteiger partial charge < -0.3 is 16.4 Å². The molecule has 0 saturated heterocycles. The minimum Gasteiger partial charge on any atom is -0.370 e. The number of nitrogens with one attached hydrogen (secondary N) is 2. The number of nitrogens with two attached hydrogens (primary N) is 1. The molecule has 0 atom stereocenters. The molecule has 0 bridgehead atoms. The number of anilines is 2.